The number of benzene rings is 14. The van der Waals surface area contributed by atoms with Gasteiger partial charge < -0.3 is 9.47 Å². The van der Waals surface area contributed by atoms with Gasteiger partial charge in [-0.15, -0.1) is 0 Å². The van der Waals surface area contributed by atoms with Crippen LogP contribution in [0.3, 0.4) is 0 Å². The first kappa shape index (κ1) is 67.1. The number of para-hydroxylation sites is 1. The zero-order valence-electron chi connectivity index (χ0n) is 76.0. The quantitative estimate of drug-likeness (QED) is 0.128. The monoisotopic (exact) mass is 1500 g/mol. The van der Waals surface area contributed by atoms with E-state index in [0.717, 1.165) is 143 Å². The third-order valence-electron chi connectivity index (χ3n) is 23.5. The van der Waals surface area contributed by atoms with Crippen molar-refractivity contribution < 1.29 is 9.60 Å². The second kappa shape index (κ2) is 28.0. The summed E-state index contributed by atoms with van der Waals surface area (Å²) in [6.45, 7) is 40.3. The molecule has 2 aliphatic rings. The molecule has 14 aromatic carbocycles. The highest BCUT2D eigenvalue weighted by atomic mass is 32.2. The Labute approximate surface area is 691 Å². The molecule has 5 heteroatoms. The predicted octanol–water partition coefficient (Wildman–Crippen LogP) is 28.5. The Bertz CT molecular complexity index is 6560. The van der Waals surface area contributed by atoms with E-state index in [4.69, 9.17) is 0 Å². The van der Waals surface area contributed by atoms with E-state index in [1.54, 1.807) is 4.57 Å². The SMILES string of the molecule is [2H]c1c([2H])c([2H])c2c(c1[2H])c1c([2H])c(C#N)c([2H])c([2H])c1n2-c1ccc2c(c1)N(c1c(-c3ccccc3)cc(C(C)(C)C)cc1-c1ccccc1)c1cc(C(C)(C)C)cc3c1B2c1cc(-c2cc(-c4ccc(C(C)(C)C)cc4)cc(-c4ccc(C(C)(C)C)cc4)c2)cc(-c2cc(-c4ccc(C(C)(C)C)cc4)cc(-c4ccc(C(C)(C)C)cc4)c2)c1S3. The maximum absolute atomic E-state index is 10.7. The van der Waals surface area contributed by atoms with Crippen LogP contribution in [-0.2, 0) is 32.5 Å². The van der Waals surface area contributed by atoms with E-state index in [-0.39, 0.29) is 72.6 Å². The van der Waals surface area contributed by atoms with Crippen molar-refractivity contribution in [3.63, 3.8) is 0 Å². The molecule has 0 radical (unpaired) electrons. The molecule has 0 saturated heterocycles. The lowest BCUT2D eigenvalue weighted by Gasteiger charge is -2.43. The molecular weight excluding hydrogens is 1390 g/mol. The summed E-state index contributed by atoms with van der Waals surface area (Å²) in [6, 6.07) is 92.0. The van der Waals surface area contributed by atoms with Gasteiger partial charge in [0.1, 0.15) is 0 Å². The molecule has 0 unspecified atom stereocenters. The third kappa shape index (κ3) is 13.9. The van der Waals surface area contributed by atoms with Crippen LogP contribution in [-0.4, -0.2) is 11.3 Å². The minimum atomic E-state index is -0.511. The third-order valence-corrected chi connectivity index (χ3v) is 24.7. The van der Waals surface area contributed by atoms with Gasteiger partial charge in [0.15, 0.2) is 0 Å². The average molecular weight is 1500 g/mol. The van der Waals surface area contributed by atoms with Gasteiger partial charge in [-0.1, -0.05) is 330 Å². The Morgan fingerprint density at radius 3 is 1.19 bits per heavy atom. The van der Waals surface area contributed by atoms with Crippen molar-refractivity contribution in [1.82, 2.24) is 4.57 Å². The van der Waals surface area contributed by atoms with Gasteiger partial charge in [-0.25, -0.2) is 0 Å². The molecule has 0 saturated carbocycles. The van der Waals surface area contributed by atoms with Crippen molar-refractivity contribution in [3.8, 4) is 101 Å². The maximum Gasteiger partial charge on any atom is 0.249 e. The molecular formula is C109H102BN3S. The fourth-order valence-electron chi connectivity index (χ4n) is 16.7. The first-order valence-corrected chi connectivity index (χ1v) is 40.9. The van der Waals surface area contributed by atoms with Gasteiger partial charge in [0, 0.05) is 48.8 Å². The van der Waals surface area contributed by atoms with Crippen LogP contribution in [0.25, 0.3) is 117 Å². The van der Waals surface area contributed by atoms with Crippen molar-refractivity contribution >= 4 is 73.7 Å². The normalized spacial score (nSPS) is 14.0. The molecule has 15 aromatic rings. The molecule has 562 valence electrons. The number of nitriles is 1. The molecule has 0 spiro atoms. The minimum Gasteiger partial charge on any atom is -0.310 e. The van der Waals surface area contributed by atoms with Crippen molar-refractivity contribution in [1.29, 1.82) is 5.26 Å². The van der Waals surface area contributed by atoms with Gasteiger partial charge in [-0.3, -0.25) is 0 Å². The summed E-state index contributed by atoms with van der Waals surface area (Å²) in [5, 5.41) is 10.7. The van der Waals surface area contributed by atoms with Crippen LogP contribution < -0.4 is 21.3 Å². The zero-order valence-corrected chi connectivity index (χ0v) is 69.8. The Morgan fingerprint density at radius 1 is 0.333 bits per heavy atom. The number of anilines is 3. The van der Waals surface area contributed by atoms with E-state index >= 15 is 0 Å². The highest BCUT2D eigenvalue weighted by Gasteiger charge is 2.45. The fraction of sp³-hybridized carbons (Fsp3) is 0.220. The second-order valence-corrected chi connectivity index (χ2v) is 38.7. The molecule has 3 heterocycles. The van der Waals surface area contributed by atoms with Crippen molar-refractivity contribution in [2.45, 2.75) is 167 Å². The molecule has 0 bridgehead atoms. The molecule has 0 amide bonds. The summed E-state index contributed by atoms with van der Waals surface area (Å²) >= 11 is 1.84. The van der Waals surface area contributed by atoms with E-state index in [1.165, 1.54) is 22.3 Å². The van der Waals surface area contributed by atoms with Crippen LogP contribution in [0.15, 0.2) is 301 Å². The highest BCUT2D eigenvalue weighted by Crippen LogP contribution is 2.54. The Kier molecular flexibility index (Phi) is 16.5. The standard InChI is InChI=1S/C109H102BN3S/c1-104(2,3)82-42-34-69(35-43-82)75-54-76(70-36-44-83(45-37-70)105(4,5)6)57-79(56-75)80-60-92(81-58-77(71-38-46-84(47-39-71)106(7,8)9)55-78(59-81)72-40-48-85(49-41-72)107(10,11)12)103-95(61-80)110-94-51-50-88(112-96-32-26-25-31-89(96)93-53-68(67-111)33-52-97(93)112)66-98(94)113(99-64-87(109(16,17)18)65-100(114-103)101(99)110)102-90(73-27-21-19-22-28-73)62-86(108(13,14)15)63-91(102)74-29-23-20-24-30-74/h19-66H,1-18H3/i25D,26D,31D,32D,33D,52D,53D. The first-order valence-electron chi connectivity index (χ1n) is 43.6. The van der Waals surface area contributed by atoms with Gasteiger partial charge in [0.25, 0.3) is 0 Å². The summed E-state index contributed by atoms with van der Waals surface area (Å²) in [6.07, 6.45) is 0. The molecule has 1 aromatic heterocycles. The molecule has 0 fully saturated rings. The van der Waals surface area contributed by atoms with E-state index in [0.29, 0.717) is 5.69 Å². The largest absolute Gasteiger partial charge is 0.310 e. The van der Waals surface area contributed by atoms with Crippen LogP contribution in [0.1, 0.15) is 173 Å². The van der Waals surface area contributed by atoms with Gasteiger partial charge in [0.05, 0.1) is 37.9 Å². The first-order chi connectivity index (χ1) is 57.1. The summed E-state index contributed by atoms with van der Waals surface area (Å²) in [5.74, 6) is 0. The fourth-order valence-corrected chi connectivity index (χ4v) is 18.1. The predicted molar refractivity (Wildman–Crippen MR) is 491 cm³/mol. The summed E-state index contributed by atoms with van der Waals surface area (Å²) in [4.78, 5) is 4.68. The van der Waals surface area contributed by atoms with E-state index < -0.39 is 36.3 Å². The van der Waals surface area contributed by atoms with Crippen LogP contribution in [0.5, 0.6) is 0 Å². The number of hydrogen-bond acceptors (Lipinski definition) is 3. The smallest absolute Gasteiger partial charge is 0.249 e. The summed E-state index contributed by atoms with van der Waals surface area (Å²) < 4.78 is 69.2. The topological polar surface area (TPSA) is 32.0 Å². The van der Waals surface area contributed by atoms with Crippen molar-refractivity contribution in [3.05, 3.63) is 330 Å². The molecule has 0 atom stereocenters. The van der Waals surface area contributed by atoms with Crippen LogP contribution in [0.2, 0.25) is 0 Å². The van der Waals surface area contributed by atoms with Gasteiger partial charge in [0.2, 0.25) is 6.71 Å². The number of hydrogen-bond donors (Lipinski definition) is 0. The minimum absolute atomic E-state index is 0.000127. The van der Waals surface area contributed by atoms with Crippen molar-refractivity contribution in [2.75, 3.05) is 4.90 Å². The Balaban J connectivity index is 1.04. The number of nitrogens with zero attached hydrogens (tertiary/aromatic N) is 3. The van der Waals surface area contributed by atoms with Crippen LogP contribution in [0.4, 0.5) is 17.1 Å². The number of rotatable bonds is 10. The van der Waals surface area contributed by atoms with E-state index in [1.807, 2.05) is 23.9 Å². The van der Waals surface area contributed by atoms with Crippen LogP contribution in [0, 0.1) is 11.3 Å². The van der Waals surface area contributed by atoms with Gasteiger partial charge in [-0.05, 0) is 258 Å². The summed E-state index contributed by atoms with van der Waals surface area (Å²) in [5.41, 5.74) is 29.1. The van der Waals surface area contributed by atoms with E-state index in [2.05, 4.69) is 372 Å². The lowest BCUT2D eigenvalue weighted by Crippen LogP contribution is -2.60. The van der Waals surface area contributed by atoms with Crippen molar-refractivity contribution in [2.24, 2.45) is 0 Å². The second-order valence-electron chi connectivity index (χ2n) is 37.7. The molecule has 17 rings (SSSR count). The number of fused-ring (bicyclic) bond motifs is 7. The molecule has 0 aliphatic carbocycles. The molecule has 3 nitrogen and oxygen atoms in total. The zero-order chi connectivity index (χ0) is 86.0. The van der Waals surface area contributed by atoms with E-state index in [9.17, 15) is 14.9 Å². The van der Waals surface area contributed by atoms with Crippen LogP contribution >= 0.6 is 11.8 Å². The highest BCUT2D eigenvalue weighted by molar-refractivity contribution is 8.00. The maximum atomic E-state index is 10.7. The Morgan fingerprint density at radius 2 is 0.746 bits per heavy atom. The molecule has 2 aliphatic heterocycles. The van der Waals surface area contributed by atoms with Gasteiger partial charge in [-0.2, -0.15) is 5.26 Å². The summed E-state index contributed by atoms with van der Waals surface area (Å²) in [7, 11) is 0. The average Bonchev–Trinajstić information content (AvgIpc) is 1.69. The van der Waals surface area contributed by atoms with Gasteiger partial charge >= 0.3 is 0 Å². The molecule has 0 N–H and O–H groups in total. The number of aromatic nitrogens is 1. The molecule has 114 heavy (non-hydrogen) atoms. The lowest BCUT2D eigenvalue weighted by molar-refractivity contribution is 0.589. The lowest BCUT2D eigenvalue weighted by atomic mass is 9.34. The Hall–Kier alpha value is -11.4.